The van der Waals surface area contributed by atoms with Crippen molar-refractivity contribution in [2.45, 2.75) is 6.04 Å². The summed E-state index contributed by atoms with van der Waals surface area (Å²) in [6.45, 7) is 0. The molecule has 0 radical (unpaired) electrons. The van der Waals surface area contributed by atoms with Gasteiger partial charge in [-0.25, -0.2) is 18.2 Å². The Labute approximate surface area is 113 Å². The normalized spacial score (nSPS) is 19.7. The number of nitrogens with one attached hydrogen (secondary N) is 1. The Kier molecular flexibility index (Phi) is 3.40. The number of pyridine rings is 1. The number of carbonyl (C=O) groups is 1. The van der Waals surface area contributed by atoms with E-state index in [1.54, 1.807) is 0 Å². The van der Waals surface area contributed by atoms with E-state index >= 15 is 0 Å². The van der Waals surface area contributed by atoms with Gasteiger partial charge in [-0.3, -0.25) is 10.1 Å². The lowest BCUT2D eigenvalue weighted by atomic mass is 10.2. The highest BCUT2D eigenvalue weighted by Crippen LogP contribution is 2.21. The van der Waals surface area contributed by atoms with Gasteiger partial charge in [-0.05, 0) is 6.08 Å². The van der Waals surface area contributed by atoms with Crippen molar-refractivity contribution in [2.24, 2.45) is 0 Å². The number of nitro groups is 1. The minimum absolute atomic E-state index is 0.0553. The van der Waals surface area contributed by atoms with Crippen molar-refractivity contribution in [3.63, 3.8) is 0 Å². The quantitative estimate of drug-likeness (QED) is 0.601. The van der Waals surface area contributed by atoms with Crippen LogP contribution in [-0.4, -0.2) is 41.2 Å². The number of carboxylic acid groups (broad SMARTS) is 1. The number of nitrogens with zero attached hydrogens (tertiary/aromatic N) is 2. The molecule has 106 valence electrons. The van der Waals surface area contributed by atoms with Crippen LogP contribution in [-0.2, 0) is 9.84 Å². The lowest BCUT2D eigenvalue weighted by Crippen LogP contribution is -2.21. The van der Waals surface area contributed by atoms with Crippen LogP contribution in [0.1, 0.15) is 10.4 Å². The molecule has 1 unspecified atom stereocenters. The zero-order chi connectivity index (χ0) is 14.9. The average Bonchev–Trinajstić information content (AvgIpc) is 2.68. The molecule has 10 heteroatoms. The SMILES string of the molecule is O=C(O)c1cc(NC2C=CS(=O)(=O)C2)ncc1[N+](=O)[O-]. The number of rotatable bonds is 4. The molecule has 1 aliphatic rings. The molecule has 0 saturated heterocycles. The molecule has 0 fully saturated rings. The van der Waals surface area contributed by atoms with Gasteiger partial charge in [0.25, 0.3) is 0 Å². The second-order valence-electron chi connectivity index (χ2n) is 4.06. The van der Waals surface area contributed by atoms with Crippen LogP contribution in [0.2, 0.25) is 0 Å². The van der Waals surface area contributed by atoms with Gasteiger partial charge in [-0.15, -0.1) is 0 Å². The predicted molar refractivity (Wildman–Crippen MR) is 68.2 cm³/mol. The van der Waals surface area contributed by atoms with E-state index in [0.29, 0.717) is 0 Å². The average molecular weight is 299 g/mol. The second kappa shape index (κ2) is 4.89. The Balaban J connectivity index is 2.27. The van der Waals surface area contributed by atoms with E-state index in [4.69, 9.17) is 5.11 Å². The van der Waals surface area contributed by atoms with Crippen LogP contribution >= 0.6 is 0 Å². The van der Waals surface area contributed by atoms with Crippen molar-refractivity contribution < 1.29 is 23.2 Å². The molecule has 20 heavy (non-hydrogen) atoms. The molecule has 0 spiro atoms. The van der Waals surface area contributed by atoms with Crippen molar-refractivity contribution in [1.29, 1.82) is 0 Å². The maximum atomic E-state index is 11.2. The van der Waals surface area contributed by atoms with Crippen LogP contribution in [0.3, 0.4) is 0 Å². The van der Waals surface area contributed by atoms with E-state index in [-0.39, 0.29) is 11.6 Å². The zero-order valence-corrected chi connectivity index (χ0v) is 10.7. The standard InChI is InChI=1S/C10H9N3O6S/c14-10(15)7-3-9(11-4-8(7)13(16)17)12-6-1-2-20(18,19)5-6/h1-4,6H,5H2,(H,11,12)(H,14,15). The Bertz CT molecular complexity index is 712. The van der Waals surface area contributed by atoms with E-state index in [1.807, 2.05) is 0 Å². The second-order valence-corrected chi connectivity index (χ2v) is 5.99. The van der Waals surface area contributed by atoms with Crippen LogP contribution in [0, 0.1) is 10.1 Å². The number of sulfone groups is 1. The van der Waals surface area contributed by atoms with Gasteiger partial charge in [-0.1, -0.05) is 0 Å². The molecule has 0 aliphatic carbocycles. The van der Waals surface area contributed by atoms with Gasteiger partial charge < -0.3 is 10.4 Å². The number of aromatic nitrogens is 1. The number of aromatic carboxylic acids is 1. The first-order valence-electron chi connectivity index (χ1n) is 5.34. The Morgan fingerprint density at radius 1 is 1.55 bits per heavy atom. The topological polar surface area (TPSA) is 140 Å². The van der Waals surface area contributed by atoms with Crippen LogP contribution in [0.15, 0.2) is 23.7 Å². The summed E-state index contributed by atoms with van der Waals surface area (Å²) in [6, 6.07) is 0.454. The molecule has 0 amide bonds. The lowest BCUT2D eigenvalue weighted by molar-refractivity contribution is -0.385. The Morgan fingerprint density at radius 2 is 2.25 bits per heavy atom. The Hall–Kier alpha value is -2.49. The summed E-state index contributed by atoms with van der Waals surface area (Å²) in [4.78, 5) is 24.5. The van der Waals surface area contributed by atoms with Crippen LogP contribution in [0.25, 0.3) is 0 Å². The molecule has 0 bridgehead atoms. The molecule has 1 aromatic heterocycles. The van der Waals surface area contributed by atoms with Gasteiger partial charge in [0.2, 0.25) is 0 Å². The molecule has 0 aromatic carbocycles. The molecule has 1 atom stereocenters. The molecular formula is C10H9N3O6S. The molecule has 2 rings (SSSR count). The fourth-order valence-corrected chi connectivity index (χ4v) is 2.93. The van der Waals surface area contributed by atoms with E-state index in [2.05, 4.69) is 10.3 Å². The molecule has 1 aliphatic heterocycles. The summed E-state index contributed by atoms with van der Waals surface area (Å²) in [5.41, 5.74) is -1.14. The lowest BCUT2D eigenvalue weighted by Gasteiger charge is -2.10. The van der Waals surface area contributed by atoms with Crippen molar-refractivity contribution in [3.05, 3.63) is 39.4 Å². The van der Waals surface area contributed by atoms with Gasteiger partial charge in [0.1, 0.15) is 17.6 Å². The minimum Gasteiger partial charge on any atom is -0.477 e. The summed E-state index contributed by atoms with van der Waals surface area (Å²) in [5, 5.41) is 23.3. The first-order chi connectivity index (χ1) is 9.28. The first-order valence-corrected chi connectivity index (χ1v) is 7.05. The third-order valence-corrected chi connectivity index (χ3v) is 3.97. The highest BCUT2D eigenvalue weighted by atomic mass is 32.2. The molecular weight excluding hydrogens is 290 g/mol. The molecule has 2 N–H and O–H groups in total. The van der Waals surface area contributed by atoms with Crippen LogP contribution in [0.5, 0.6) is 0 Å². The van der Waals surface area contributed by atoms with Crippen LogP contribution in [0.4, 0.5) is 11.5 Å². The van der Waals surface area contributed by atoms with Crippen molar-refractivity contribution in [3.8, 4) is 0 Å². The van der Waals surface area contributed by atoms with E-state index in [1.165, 1.54) is 6.08 Å². The van der Waals surface area contributed by atoms with Crippen LogP contribution < -0.4 is 5.32 Å². The van der Waals surface area contributed by atoms with E-state index < -0.39 is 38.0 Å². The van der Waals surface area contributed by atoms with Crippen molar-refractivity contribution >= 4 is 27.3 Å². The number of hydrogen-bond acceptors (Lipinski definition) is 7. The predicted octanol–water partition coefficient (Wildman–Crippen LogP) is 0.411. The maximum absolute atomic E-state index is 11.2. The highest BCUT2D eigenvalue weighted by Gasteiger charge is 2.24. The number of anilines is 1. The van der Waals surface area contributed by atoms with Gasteiger partial charge >= 0.3 is 11.7 Å². The van der Waals surface area contributed by atoms with Gasteiger partial charge in [0.15, 0.2) is 9.84 Å². The first kappa shape index (κ1) is 13.9. The molecule has 1 aromatic rings. The highest BCUT2D eigenvalue weighted by molar-refractivity contribution is 7.94. The van der Waals surface area contributed by atoms with Gasteiger partial charge in [0.05, 0.1) is 16.7 Å². The maximum Gasteiger partial charge on any atom is 0.342 e. The molecule has 2 heterocycles. The summed E-state index contributed by atoms with van der Waals surface area (Å²) >= 11 is 0. The van der Waals surface area contributed by atoms with Gasteiger partial charge in [0, 0.05) is 11.5 Å². The van der Waals surface area contributed by atoms with Crippen molar-refractivity contribution in [1.82, 2.24) is 4.98 Å². The molecule has 0 saturated carbocycles. The third-order valence-electron chi connectivity index (χ3n) is 2.57. The third kappa shape index (κ3) is 2.91. The number of carboxylic acids is 1. The summed E-state index contributed by atoms with van der Waals surface area (Å²) in [5.74, 6) is -1.58. The minimum atomic E-state index is -3.26. The monoisotopic (exact) mass is 299 g/mol. The summed E-state index contributed by atoms with van der Waals surface area (Å²) in [6.07, 6.45) is 2.22. The smallest absolute Gasteiger partial charge is 0.342 e. The summed E-state index contributed by atoms with van der Waals surface area (Å²) in [7, 11) is -3.26. The van der Waals surface area contributed by atoms with Gasteiger partial charge in [-0.2, -0.15) is 0 Å². The number of hydrogen-bond donors (Lipinski definition) is 2. The van der Waals surface area contributed by atoms with E-state index in [0.717, 1.165) is 17.7 Å². The van der Waals surface area contributed by atoms with Crippen molar-refractivity contribution in [2.75, 3.05) is 11.1 Å². The fraction of sp³-hybridized carbons (Fsp3) is 0.200. The fourth-order valence-electron chi connectivity index (χ4n) is 1.70. The van der Waals surface area contributed by atoms with E-state index in [9.17, 15) is 23.3 Å². The largest absolute Gasteiger partial charge is 0.477 e. The zero-order valence-electron chi connectivity index (χ0n) is 9.88. The Morgan fingerprint density at radius 3 is 2.75 bits per heavy atom. The summed E-state index contributed by atoms with van der Waals surface area (Å²) < 4.78 is 22.4. The molecule has 9 nitrogen and oxygen atoms in total.